The van der Waals surface area contributed by atoms with E-state index in [1.807, 2.05) is 38.1 Å². The van der Waals surface area contributed by atoms with Crippen molar-refractivity contribution in [3.8, 4) is 0 Å². The molecular weight excluding hydrogens is 542 g/mol. The van der Waals surface area contributed by atoms with E-state index in [0.29, 0.717) is 5.69 Å². The van der Waals surface area contributed by atoms with E-state index in [4.69, 9.17) is 0 Å². The number of nitrogens with one attached hydrogen (secondary N) is 1. The molecule has 3 rings (SSSR count). The van der Waals surface area contributed by atoms with Crippen LogP contribution in [0.25, 0.3) is 0 Å². The highest BCUT2D eigenvalue weighted by atomic mass is 79.9. The zero-order valence-electron chi connectivity index (χ0n) is 21.5. The molecule has 1 aliphatic rings. The molecule has 0 aromatic heterocycles. The Hall–Kier alpha value is -2.39. The van der Waals surface area contributed by atoms with Crippen LogP contribution >= 0.6 is 15.9 Å². The van der Waals surface area contributed by atoms with Crippen LogP contribution in [0.2, 0.25) is 0 Å². The molecule has 0 bridgehead atoms. The molecule has 2 aromatic carbocycles. The van der Waals surface area contributed by atoms with Crippen molar-refractivity contribution in [2.75, 3.05) is 17.1 Å². The van der Waals surface area contributed by atoms with E-state index < -0.39 is 28.5 Å². The fourth-order valence-corrected chi connectivity index (χ4v) is 5.61. The first kappa shape index (κ1) is 28.2. The molecule has 0 aliphatic heterocycles. The summed E-state index contributed by atoms with van der Waals surface area (Å²) in [5, 5.41) is 3.11. The Labute approximate surface area is 223 Å². The van der Waals surface area contributed by atoms with Gasteiger partial charge in [-0.15, -0.1) is 0 Å². The molecule has 1 aliphatic carbocycles. The van der Waals surface area contributed by atoms with Gasteiger partial charge < -0.3 is 10.2 Å². The SMILES string of the molecule is Cc1cc(N(CC(=O)N(Cc2ccccc2C)C(C)C(=O)NC2CCCCC2)S(C)(=O)=O)ccc1Br. The van der Waals surface area contributed by atoms with E-state index in [-0.39, 0.29) is 18.5 Å². The molecule has 1 unspecified atom stereocenters. The van der Waals surface area contributed by atoms with Gasteiger partial charge in [0.1, 0.15) is 12.6 Å². The van der Waals surface area contributed by atoms with Crippen molar-refractivity contribution < 1.29 is 18.0 Å². The Bertz CT molecular complexity index is 1200. The van der Waals surface area contributed by atoms with Crippen LogP contribution in [-0.2, 0) is 26.2 Å². The highest BCUT2D eigenvalue weighted by Crippen LogP contribution is 2.25. The van der Waals surface area contributed by atoms with Crippen LogP contribution in [-0.4, -0.2) is 50.0 Å². The number of nitrogens with zero attached hydrogens (tertiary/aromatic N) is 2. The minimum atomic E-state index is -3.76. The van der Waals surface area contributed by atoms with E-state index in [1.165, 1.54) is 11.3 Å². The average molecular weight is 579 g/mol. The number of carbonyl (C=O) groups excluding carboxylic acids is 2. The first-order chi connectivity index (χ1) is 17.0. The number of hydrogen-bond acceptors (Lipinski definition) is 4. The third-order valence-corrected chi connectivity index (χ3v) is 8.86. The van der Waals surface area contributed by atoms with Crippen molar-refractivity contribution in [3.05, 3.63) is 63.6 Å². The van der Waals surface area contributed by atoms with Crippen molar-refractivity contribution in [2.24, 2.45) is 0 Å². The zero-order valence-corrected chi connectivity index (χ0v) is 23.9. The van der Waals surface area contributed by atoms with Crippen LogP contribution in [0.4, 0.5) is 5.69 Å². The van der Waals surface area contributed by atoms with E-state index in [2.05, 4.69) is 21.2 Å². The van der Waals surface area contributed by atoms with Gasteiger partial charge in [-0.2, -0.15) is 0 Å². The van der Waals surface area contributed by atoms with Crippen LogP contribution in [0.5, 0.6) is 0 Å². The van der Waals surface area contributed by atoms with E-state index in [1.54, 1.807) is 25.1 Å². The van der Waals surface area contributed by atoms with Crippen molar-refractivity contribution in [1.29, 1.82) is 0 Å². The summed E-state index contributed by atoms with van der Waals surface area (Å²) in [5.74, 6) is -0.648. The lowest BCUT2D eigenvalue weighted by atomic mass is 9.95. The van der Waals surface area contributed by atoms with Gasteiger partial charge in [-0.1, -0.05) is 59.5 Å². The summed E-state index contributed by atoms with van der Waals surface area (Å²) in [7, 11) is -3.76. The highest BCUT2D eigenvalue weighted by Gasteiger charge is 2.31. The van der Waals surface area contributed by atoms with Crippen molar-refractivity contribution in [2.45, 2.75) is 71.5 Å². The number of amides is 2. The van der Waals surface area contributed by atoms with E-state index in [0.717, 1.165) is 57.4 Å². The molecule has 196 valence electrons. The maximum atomic E-state index is 13.7. The third-order valence-electron chi connectivity index (χ3n) is 6.83. The maximum absolute atomic E-state index is 13.7. The first-order valence-corrected chi connectivity index (χ1v) is 15.0. The number of hydrogen-bond donors (Lipinski definition) is 1. The molecule has 0 heterocycles. The Morgan fingerprint density at radius 2 is 1.72 bits per heavy atom. The molecule has 1 N–H and O–H groups in total. The molecule has 9 heteroatoms. The minimum Gasteiger partial charge on any atom is -0.352 e. The van der Waals surface area contributed by atoms with Gasteiger partial charge in [-0.25, -0.2) is 8.42 Å². The summed E-state index contributed by atoms with van der Waals surface area (Å²) in [6.07, 6.45) is 6.31. The summed E-state index contributed by atoms with van der Waals surface area (Å²) in [5.41, 5.74) is 3.17. The predicted molar refractivity (Wildman–Crippen MR) is 147 cm³/mol. The summed E-state index contributed by atoms with van der Waals surface area (Å²) in [4.78, 5) is 28.4. The molecule has 1 fully saturated rings. The number of rotatable bonds is 9. The Balaban J connectivity index is 1.89. The van der Waals surface area contributed by atoms with Crippen LogP contribution in [0, 0.1) is 13.8 Å². The first-order valence-electron chi connectivity index (χ1n) is 12.4. The number of anilines is 1. The quantitative estimate of drug-likeness (QED) is 0.468. The molecule has 36 heavy (non-hydrogen) atoms. The Morgan fingerprint density at radius 3 is 2.33 bits per heavy atom. The largest absolute Gasteiger partial charge is 0.352 e. The van der Waals surface area contributed by atoms with Crippen molar-refractivity contribution >= 4 is 43.5 Å². The number of aryl methyl sites for hydroxylation is 2. The smallest absolute Gasteiger partial charge is 0.244 e. The number of sulfonamides is 1. The second-order valence-electron chi connectivity index (χ2n) is 9.67. The number of carbonyl (C=O) groups is 2. The fraction of sp³-hybridized carbons (Fsp3) is 0.481. The van der Waals surface area contributed by atoms with Crippen LogP contribution in [0.15, 0.2) is 46.9 Å². The lowest BCUT2D eigenvalue weighted by Gasteiger charge is -2.33. The molecule has 0 radical (unpaired) electrons. The van der Waals surface area contributed by atoms with E-state index in [9.17, 15) is 18.0 Å². The Morgan fingerprint density at radius 1 is 1.06 bits per heavy atom. The number of benzene rings is 2. The standard InChI is InChI=1S/C27H36BrN3O4S/c1-19-10-8-9-11-22(19)17-30(21(3)27(33)29-23-12-6-5-7-13-23)26(32)18-31(36(4,34)35)24-14-15-25(28)20(2)16-24/h8-11,14-16,21,23H,5-7,12-13,17-18H2,1-4H3,(H,29,33). The monoisotopic (exact) mass is 577 g/mol. The van der Waals surface area contributed by atoms with E-state index >= 15 is 0 Å². The van der Waals surface area contributed by atoms with Gasteiger partial charge in [0.25, 0.3) is 0 Å². The summed E-state index contributed by atoms with van der Waals surface area (Å²) in [6, 6.07) is 12.2. The maximum Gasteiger partial charge on any atom is 0.244 e. The average Bonchev–Trinajstić information content (AvgIpc) is 2.83. The lowest BCUT2D eigenvalue weighted by molar-refractivity contribution is -0.139. The van der Waals surface area contributed by atoms with Crippen molar-refractivity contribution in [3.63, 3.8) is 0 Å². The second-order valence-corrected chi connectivity index (χ2v) is 12.4. The van der Waals surface area contributed by atoms with Gasteiger partial charge in [-0.05, 0) is 68.5 Å². The van der Waals surface area contributed by atoms with Crippen LogP contribution in [0.3, 0.4) is 0 Å². The van der Waals surface area contributed by atoms with Crippen LogP contribution in [0.1, 0.15) is 55.7 Å². The summed E-state index contributed by atoms with van der Waals surface area (Å²) < 4.78 is 27.4. The number of halogens is 1. The third kappa shape index (κ3) is 7.32. The topological polar surface area (TPSA) is 86.8 Å². The molecule has 1 saturated carbocycles. The van der Waals surface area contributed by atoms with Gasteiger partial charge in [0.15, 0.2) is 0 Å². The predicted octanol–water partition coefficient (Wildman–Crippen LogP) is 4.70. The van der Waals surface area contributed by atoms with Gasteiger partial charge in [0, 0.05) is 17.1 Å². The normalized spacial score (nSPS) is 15.2. The molecular formula is C27H36BrN3O4S. The fourth-order valence-electron chi connectivity index (χ4n) is 4.52. The van der Waals surface area contributed by atoms with Gasteiger partial charge in [-0.3, -0.25) is 13.9 Å². The molecule has 7 nitrogen and oxygen atoms in total. The van der Waals surface area contributed by atoms with Gasteiger partial charge in [0.2, 0.25) is 21.8 Å². The second kappa shape index (κ2) is 12.2. The van der Waals surface area contributed by atoms with Gasteiger partial charge in [0.05, 0.1) is 11.9 Å². The summed E-state index contributed by atoms with van der Waals surface area (Å²) >= 11 is 3.43. The van der Waals surface area contributed by atoms with Gasteiger partial charge >= 0.3 is 0 Å². The highest BCUT2D eigenvalue weighted by molar-refractivity contribution is 9.10. The summed E-state index contributed by atoms with van der Waals surface area (Å²) in [6.45, 7) is 5.34. The zero-order chi connectivity index (χ0) is 26.5. The Kier molecular flexibility index (Phi) is 9.58. The minimum absolute atomic E-state index is 0.113. The molecule has 2 amide bonds. The molecule has 0 saturated heterocycles. The van der Waals surface area contributed by atoms with Crippen LogP contribution < -0.4 is 9.62 Å². The molecule has 2 aromatic rings. The molecule has 1 atom stereocenters. The molecule has 0 spiro atoms. The van der Waals surface area contributed by atoms with Crippen molar-refractivity contribution in [1.82, 2.24) is 10.2 Å². The lowest BCUT2D eigenvalue weighted by Crippen LogP contribution is -2.53.